The van der Waals surface area contributed by atoms with Crippen LogP contribution in [0.5, 0.6) is 11.9 Å². The van der Waals surface area contributed by atoms with Crippen LogP contribution in [0, 0.1) is 5.82 Å². The molecule has 0 amide bonds. The highest BCUT2D eigenvalue weighted by molar-refractivity contribution is 7.51. The molecule has 2 unspecified atom stereocenters. The zero-order chi connectivity index (χ0) is 27.3. The monoisotopic (exact) mass is 596 g/mol. The number of ether oxygens (including phenoxy) is 2. The van der Waals surface area contributed by atoms with E-state index in [1.54, 1.807) is 12.4 Å². The van der Waals surface area contributed by atoms with Crippen molar-refractivity contribution in [1.82, 2.24) is 29.8 Å². The molecule has 3 aromatic heterocycles. The molecule has 0 N–H and O–H groups in total. The molecule has 5 atom stereocenters. The van der Waals surface area contributed by atoms with Crippen LogP contribution in [0.2, 0.25) is 5.15 Å². The van der Waals surface area contributed by atoms with Crippen molar-refractivity contribution in [3.63, 3.8) is 0 Å². The summed E-state index contributed by atoms with van der Waals surface area (Å²) >= 11 is 6.13. The average Bonchev–Trinajstić information content (AvgIpc) is 3.40. The van der Waals surface area contributed by atoms with Crippen LogP contribution in [0.3, 0.4) is 0 Å². The van der Waals surface area contributed by atoms with Gasteiger partial charge in [-0.2, -0.15) is 15.0 Å². The summed E-state index contributed by atoms with van der Waals surface area (Å²) in [5.74, 6) is 0.493. The lowest BCUT2D eigenvalue weighted by Crippen LogP contribution is -2.43. The molecule has 0 spiro atoms. The van der Waals surface area contributed by atoms with E-state index in [9.17, 15) is 4.39 Å². The number of hydrogen-bond acceptors (Lipinski definition) is 10. The van der Waals surface area contributed by atoms with Crippen LogP contribution in [-0.2, 0) is 0 Å². The number of nitrogens with zero attached hydrogens (tertiary/aromatic N) is 8. The van der Waals surface area contributed by atoms with Crippen molar-refractivity contribution in [2.75, 3.05) is 48.9 Å². The first-order valence-electron chi connectivity index (χ1n) is 12.8. The highest BCUT2D eigenvalue weighted by Crippen LogP contribution is 2.43. The summed E-state index contributed by atoms with van der Waals surface area (Å²) in [5, 5.41) is -0.0329. The van der Waals surface area contributed by atoms with Gasteiger partial charge in [-0.3, -0.25) is 9.88 Å². The summed E-state index contributed by atoms with van der Waals surface area (Å²) in [6.45, 7) is 6.14. The number of anilines is 2. The minimum atomic E-state index is -0.893. The molecular formula is C24H29ClF2N8O2P2. The Morgan fingerprint density at radius 2 is 2.13 bits per heavy atom. The van der Waals surface area contributed by atoms with Crippen LogP contribution in [0.25, 0.3) is 10.9 Å². The number of aromatic nitrogens is 5. The SMILES string of the molecule is CPN(P)c1nccnc1[C@@H](C)N1CCOc2nc(Cl)c(F)c3nc(OC[C@@]45CCCN4C[C@H](F)C5)nc1c23. The van der Waals surface area contributed by atoms with E-state index < -0.39 is 17.5 Å². The van der Waals surface area contributed by atoms with Gasteiger partial charge in [0.05, 0.1) is 18.1 Å². The summed E-state index contributed by atoms with van der Waals surface area (Å²) < 4.78 is 43.7. The molecule has 3 aromatic rings. The number of alkyl halides is 1. The van der Waals surface area contributed by atoms with Crippen LogP contribution in [0.1, 0.15) is 37.9 Å². The zero-order valence-corrected chi connectivity index (χ0v) is 24.5. The molecule has 208 valence electrons. The molecule has 10 nitrogen and oxygen atoms in total. The second kappa shape index (κ2) is 10.6. The van der Waals surface area contributed by atoms with Crippen LogP contribution < -0.4 is 18.8 Å². The Bertz CT molecular complexity index is 1410. The molecule has 0 radical (unpaired) electrons. The number of rotatable bonds is 7. The number of halogens is 3. The molecule has 6 heterocycles. The molecule has 3 aliphatic rings. The third-order valence-corrected chi connectivity index (χ3v) is 9.75. The van der Waals surface area contributed by atoms with Gasteiger partial charge >= 0.3 is 6.01 Å². The Morgan fingerprint density at radius 1 is 1.31 bits per heavy atom. The van der Waals surface area contributed by atoms with Gasteiger partial charge < -0.3 is 18.8 Å². The van der Waals surface area contributed by atoms with Crippen molar-refractivity contribution in [2.24, 2.45) is 0 Å². The van der Waals surface area contributed by atoms with Crippen LogP contribution >= 0.6 is 29.7 Å². The molecule has 0 aromatic carbocycles. The van der Waals surface area contributed by atoms with Gasteiger partial charge in [-0.15, -0.1) is 0 Å². The molecule has 3 aliphatic heterocycles. The molecule has 0 saturated carbocycles. The normalized spacial score (nSPS) is 23.7. The molecule has 0 bridgehead atoms. The van der Waals surface area contributed by atoms with Gasteiger partial charge in [0.15, 0.2) is 16.8 Å². The average molecular weight is 597 g/mol. The van der Waals surface area contributed by atoms with Gasteiger partial charge in [-0.05, 0) is 51.1 Å². The van der Waals surface area contributed by atoms with Gasteiger partial charge in [-0.1, -0.05) is 11.6 Å². The van der Waals surface area contributed by atoms with Gasteiger partial charge in [0, 0.05) is 25.4 Å². The number of fused-ring (bicyclic) bond motifs is 1. The van der Waals surface area contributed by atoms with Gasteiger partial charge in [0.25, 0.3) is 0 Å². The number of pyridine rings is 1. The van der Waals surface area contributed by atoms with Gasteiger partial charge in [0.2, 0.25) is 5.88 Å². The summed E-state index contributed by atoms with van der Waals surface area (Å²) in [5.41, 5.74) is 0.281. The van der Waals surface area contributed by atoms with Crippen LogP contribution in [0.15, 0.2) is 12.4 Å². The van der Waals surface area contributed by atoms with Crippen LogP contribution in [0.4, 0.5) is 20.4 Å². The first kappa shape index (κ1) is 26.9. The minimum absolute atomic E-state index is 0.00525. The van der Waals surface area contributed by atoms with E-state index in [0.29, 0.717) is 45.3 Å². The zero-order valence-electron chi connectivity index (χ0n) is 21.6. The topological polar surface area (TPSA) is 92.6 Å². The molecule has 2 fully saturated rings. The molecule has 6 rings (SSSR count). The van der Waals surface area contributed by atoms with Gasteiger partial charge in [0.1, 0.15) is 41.8 Å². The Hall–Kier alpha value is -2.26. The lowest BCUT2D eigenvalue weighted by atomic mass is 9.95. The highest BCUT2D eigenvalue weighted by atomic mass is 35.5. The van der Waals surface area contributed by atoms with Crippen molar-refractivity contribution >= 4 is 52.3 Å². The fourth-order valence-corrected chi connectivity index (χ4v) is 6.65. The van der Waals surface area contributed by atoms with Crippen molar-refractivity contribution in [2.45, 2.75) is 43.9 Å². The van der Waals surface area contributed by atoms with E-state index in [1.165, 1.54) is 0 Å². The predicted molar refractivity (Wildman–Crippen MR) is 151 cm³/mol. The van der Waals surface area contributed by atoms with E-state index in [0.717, 1.165) is 25.1 Å². The highest BCUT2D eigenvalue weighted by Gasteiger charge is 2.49. The van der Waals surface area contributed by atoms with Gasteiger partial charge in [-0.25, -0.2) is 13.8 Å². The van der Waals surface area contributed by atoms with Crippen molar-refractivity contribution in [3.05, 3.63) is 29.1 Å². The molecular weight excluding hydrogens is 568 g/mol. The van der Waals surface area contributed by atoms with E-state index in [2.05, 4.69) is 34.2 Å². The minimum Gasteiger partial charge on any atom is -0.475 e. The second-order valence-corrected chi connectivity index (χ2v) is 12.3. The van der Waals surface area contributed by atoms with Crippen molar-refractivity contribution in [1.29, 1.82) is 0 Å². The first-order chi connectivity index (χ1) is 18.8. The third kappa shape index (κ3) is 4.73. The van der Waals surface area contributed by atoms with E-state index in [-0.39, 0.29) is 41.8 Å². The molecule has 15 heteroatoms. The fraction of sp³-hybridized carbons (Fsp3) is 0.542. The maximum absolute atomic E-state index is 15.4. The first-order valence-corrected chi connectivity index (χ1v) is 15.2. The second-order valence-electron chi connectivity index (χ2n) is 10.0. The maximum atomic E-state index is 15.4. The van der Waals surface area contributed by atoms with E-state index in [1.807, 2.05) is 22.9 Å². The van der Waals surface area contributed by atoms with E-state index >= 15 is 4.39 Å². The quantitative estimate of drug-likeness (QED) is 0.290. The standard InChI is InChI=1S/C24H29ClF2N8O2P2/c1-13(17-21(35(38)39-2)29-6-5-28-17)34-8-9-36-22-15-18(16(27)19(25)31-22)30-23(32-20(15)34)37-12-24-4-3-7-33(24)11-14(26)10-24/h5-6,13-14,39H,3-4,7-12,38H2,1-2H3/t13-,14-,24+/m1/s1. The summed E-state index contributed by atoms with van der Waals surface area (Å²) in [6, 6.07) is -0.326. The van der Waals surface area contributed by atoms with Crippen molar-refractivity contribution < 1.29 is 18.3 Å². The molecule has 39 heavy (non-hydrogen) atoms. The largest absolute Gasteiger partial charge is 0.475 e. The predicted octanol–water partition coefficient (Wildman–Crippen LogP) is 4.34. The fourth-order valence-electron chi connectivity index (χ4n) is 5.90. The summed E-state index contributed by atoms with van der Waals surface area (Å²) in [4.78, 5) is 26.6. The lowest BCUT2D eigenvalue weighted by molar-refractivity contribution is 0.107. The lowest BCUT2D eigenvalue weighted by Gasteiger charge is -2.32. The Balaban J connectivity index is 1.43. The van der Waals surface area contributed by atoms with Crippen molar-refractivity contribution in [3.8, 4) is 11.9 Å². The van der Waals surface area contributed by atoms with E-state index in [4.69, 9.17) is 26.1 Å². The Labute approximate surface area is 233 Å². The Kier molecular flexibility index (Phi) is 7.33. The summed E-state index contributed by atoms with van der Waals surface area (Å²) in [6.07, 6.45) is 4.61. The van der Waals surface area contributed by atoms with Crippen LogP contribution in [-0.4, -0.2) is 81.0 Å². The Morgan fingerprint density at radius 3 is 2.95 bits per heavy atom. The number of hydrogen-bond donors (Lipinski definition) is 0. The summed E-state index contributed by atoms with van der Waals surface area (Å²) in [7, 11) is 3.12. The smallest absolute Gasteiger partial charge is 0.319 e. The maximum Gasteiger partial charge on any atom is 0.319 e. The third-order valence-electron chi connectivity index (χ3n) is 7.78. The molecule has 2 saturated heterocycles. The molecule has 0 aliphatic carbocycles.